The van der Waals surface area contributed by atoms with Gasteiger partial charge in [-0.05, 0) is 61.1 Å². The molecule has 4 aromatic rings. The van der Waals surface area contributed by atoms with Gasteiger partial charge in [-0.3, -0.25) is 0 Å². The molecule has 4 rings (SSSR count). The Morgan fingerprint density at radius 1 is 0.682 bits per heavy atom. The first kappa shape index (κ1) is 33.5. The third kappa shape index (κ3) is 9.57. The van der Waals surface area contributed by atoms with E-state index in [1.807, 2.05) is 65.9 Å². The fourth-order valence-electron chi connectivity index (χ4n) is 5.07. The molecule has 8 heteroatoms. The number of nitrogens with zero attached hydrogens (tertiary/aromatic N) is 4. The summed E-state index contributed by atoms with van der Waals surface area (Å²) in [6, 6.07) is 24.1. The van der Waals surface area contributed by atoms with Crippen LogP contribution in [0.5, 0.6) is 0 Å². The van der Waals surface area contributed by atoms with E-state index in [0.717, 1.165) is 59.8 Å². The maximum absolute atomic E-state index is 14.2. The molecule has 0 aliphatic carbocycles. The number of rotatable bonds is 16. The van der Waals surface area contributed by atoms with Gasteiger partial charge in [0.05, 0.1) is 0 Å². The molecule has 232 valence electrons. The fourth-order valence-corrected chi connectivity index (χ4v) is 7.16. The van der Waals surface area contributed by atoms with E-state index in [-0.39, 0.29) is 11.9 Å². The molecule has 44 heavy (non-hydrogen) atoms. The minimum absolute atomic E-state index is 0.178. The van der Waals surface area contributed by atoms with Crippen LogP contribution in [0.1, 0.15) is 36.1 Å². The smallest absolute Gasteiger partial charge is 0.360 e. The van der Waals surface area contributed by atoms with Gasteiger partial charge in [-0.1, -0.05) is 70.1 Å². The molecule has 2 aromatic carbocycles. The van der Waals surface area contributed by atoms with Crippen molar-refractivity contribution in [2.24, 2.45) is 0 Å². The summed E-state index contributed by atoms with van der Waals surface area (Å²) in [6.07, 6.45) is 9.34. The Balaban J connectivity index is 1.22. The molecule has 0 N–H and O–H groups in total. The van der Waals surface area contributed by atoms with Gasteiger partial charge in [0.15, 0.2) is 12.4 Å². The Kier molecular flexibility index (Phi) is 13.1. The summed E-state index contributed by atoms with van der Waals surface area (Å²) in [6.45, 7) is 7.01. The molecule has 0 saturated carbocycles. The topological polar surface area (TPSA) is 14.2 Å². The van der Waals surface area contributed by atoms with Gasteiger partial charge in [-0.25, -0.2) is 0 Å². The Bertz CT molecular complexity index is 1530. The van der Waals surface area contributed by atoms with Crippen LogP contribution < -0.4 is 18.9 Å². The van der Waals surface area contributed by atoms with Crippen LogP contribution in [0.15, 0.2) is 85.2 Å². The molecule has 4 nitrogen and oxygen atoms in total. The van der Waals surface area contributed by atoms with E-state index in [2.05, 4.69) is 72.4 Å². The van der Waals surface area contributed by atoms with E-state index >= 15 is 0 Å². The quantitative estimate of drug-likeness (QED) is 0.0549. The lowest BCUT2D eigenvalue weighted by molar-refractivity contribution is -0.721. The number of halogens is 2. The first-order chi connectivity index (χ1) is 21.4. The molecular weight excluding hydrogens is 591 g/mol. The van der Waals surface area contributed by atoms with Crippen LogP contribution in [0.25, 0.3) is 12.2 Å². The van der Waals surface area contributed by atoms with Gasteiger partial charge in [-0.2, -0.15) is 9.13 Å². The second-order valence-electron chi connectivity index (χ2n) is 10.7. The predicted octanol–water partition coefficient (Wildman–Crippen LogP) is 7.49. The third-order valence-electron chi connectivity index (χ3n) is 7.73. The van der Waals surface area contributed by atoms with Crippen molar-refractivity contribution in [1.29, 1.82) is 0 Å². The Labute approximate surface area is 269 Å². The molecule has 0 amide bonds. The molecule has 0 unspecified atom stereocenters. The largest absolute Gasteiger partial charge is 0.374 e. The van der Waals surface area contributed by atoms with Crippen molar-refractivity contribution in [2.75, 3.05) is 48.5 Å². The third-order valence-corrected chi connectivity index (χ3v) is 10.1. The molecule has 0 fully saturated rings. The molecule has 0 saturated heterocycles. The van der Waals surface area contributed by atoms with Gasteiger partial charge >= 0.3 is 11.9 Å². The van der Waals surface area contributed by atoms with E-state index in [1.165, 1.54) is 11.3 Å². The number of aromatic nitrogens is 2. The summed E-state index contributed by atoms with van der Waals surface area (Å²) in [5, 5.41) is 0. The number of benzene rings is 2. The van der Waals surface area contributed by atoms with Crippen LogP contribution in [0, 0.1) is 11.9 Å². The molecule has 0 radical (unpaired) electrons. The maximum atomic E-state index is 14.2. The second kappa shape index (κ2) is 17.2. The van der Waals surface area contributed by atoms with Crippen molar-refractivity contribution < 1.29 is 17.9 Å². The van der Waals surface area contributed by atoms with E-state index in [1.54, 1.807) is 27.5 Å². The van der Waals surface area contributed by atoms with Crippen LogP contribution in [-0.4, -0.2) is 38.7 Å². The van der Waals surface area contributed by atoms with Crippen molar-refractivity contribution in [3.05, 3.63) is 119 Å². The highest BCUT2D eigenvalue weighted by molar-refractivity contribution is 8.76. The van der Waals surface area contributed by atoms with Crippen molar-refractivity contribution >= 4 is 45.1 Å². The van der Waals surface area contributed by atoms with Crippen LogP contribution >= 0.6 is 21.6 Å². The molecule has 2 heterocycles. The Morgan fingerprint density at radius 3 is 1.93 bits per heavy atom. The molecule has 0 atom stereocenters. The number of hydrogen-bond acceptors (Lipinski definition) is 4. The minimum Gasteiger partial charge on any atom is -0.374 e. The first-order valence-corrected chi connectivity index (χ1v) is 17.8. The van der Waals surface area contributed by atoms with Gasteiger partial charge in [0.2, 0.25) is 0 Å². The Morgan fingerprint density at radius 2 is 1.27 bits per heavy atom. The van der Waals surface area contributed by atoms with Crippen LogP contribution in [0.3, 0.4) is 0 Å². The van der Waals surface area contributed by atoms with Gasteiger partial charge in [0.1, 0.15) is 13.1 Å². The summed E-state index contributed by atoms with van der Waals surface area (Å²) in [5.74, 6) is 1.62. The van der Waals surface area contributed by atoms with Crippen LogP contribution in [0.2, 0.25) is 0 Å². The number of pyridine rings is 2. The Hall–Kier alpha value is -3.36. The predicted molar refractivity (Wildman–Crippen MR) is 185 cm³/mol. The first-order valence-electron chi connectivity index (χ1n) is 15.3. The second-order valence-corrected chi connectivity index (χ2v) is 13.4. The van der Waals surface area contributed by atoms with Gasteiger partial charge in [0, 0.05) is 74.3 Å². The SMILES string of the molecule is CC[n+]1ccc(/C=C/c2ccccc2N(C)CCSSCCN(C)c2ccccc2CCc2cc[n+](CC)c(F)c2)cc1F. The van der Waals surface area contributed by atoms with Crippen LogP contribution in [0.4, 0.5) is 20.2 Å². The summed E-state index contributed by atoms with van der Waals surface area (Å²) < 4.78 is 31.6. The van der Waals surface area contributed by atoms with Crippen molar-refractivity contribution in [3.8, 4) is 0 Å². The molecule has 2 aromatic heterocycles. The summed E-state index contributed by atoms with van der Waals surface area (Å²) >= 11 is 0. The summed E-state index contributed by atoms with van der Waals surface area (Å²) in [4.78, 5) is 4.61. The summed E-state index contributed by atoms with van der Waals surface area (Å²) in [5.41, 5.74) is 6.68. The average molecular weight is 635 g/mol. The maximum Gasteiger partial charge on any atom is 0.360 e. The lowest BCUT2D eigenvalue weighted by Gasteiger charge is -2.23. The highest BCUT2D eigenvalue weighted by Gasteiger charge is 2.12. The van der Waals surface area contributed by atoms with E-state index in [9.17, 15) is 8.78 Å². The fraction of sp³-hybridized carbons (Fsp3) is 0.333. The highest BCUT2D eigenvalue weighted by atomic mass is 33.1. The molecule has 0 aliphatic heterocycles. The molecule has 0 bridgehead atoms. The van der Waals surface area contributed by atoms with Crippen molar-refractivity contribution in [2.45, 2.75) is 39.8 Å². The summed E-state index contributed by atoms with van der Waals surface area (Å²) in [7, 11) is 8.08. The zero-order valence-electron chi connectivity index (χ0n) is 26.3. The lowest BCUT2D eigenvalue weighted by Crippen LogP contribution is -2.36. The van der Waals surface area contributed by atoms with E-state index in [4.69, 9.17) is 0 Å². The van der Waals surface area contributed by atoms with Gasteiger partial charge < -0.3 is 9.80 Å². The standard InChI is InChI=1S/C36H44F2N4S2/c1-5-41-21-19-29(27-35(41)37)15-17-31-11-7-9-13-33(31)39(3)23-25-43-44-26-24-40(4)34-14-10-8-12-32(34)18-16-30-20-22-42(6-2)36(38)28-30/h7-15,17,19-22,27-28H,5-6,16,18,23-26H2,1-4H3/q+2. The van der Waals surface area contributed by atoms with Crippen LogP contribution in [-0.2, 0) is 25.9 Å². The number of para-hydroxylation sites is 2. The highest BCUT2D eigenvalue weighted by Crippen LogP contribution is 2.26. The number of anilines is 2. The molecule has 0 aliphatic rings. The number of aryl methyl sites for hydroxylation is 4. The minimum atomic E-state index is -0.226. The molecular formula is C36H44F2N4S2+2. The van der Waals surface area contributed by atoms with E-state index in [0.29, 0.717) is 13.1 Å². The van der Waals surface area contributed by atoms with Crippen molar-refractivity contribution in [3.63, 3.8) is 0 Å². The zero-order valence-corrected chi connectivity index (χ0v) is 27.9. The molecule has 0 spiro atoms. The van der Waals surface area contributed by atoms with Crippen molar-refractivity contribution in [1.82, 2.24) is 0 Å². The van der Waals surface area contributed by atoms with Gasteiger partial charge in [0.25, 0.3) is 0 Å². The number of hydrogen-bond donors (Lipinski definition) is 0. The van der Waals surface area contributed by atoms with Gasteiger partial charge in [-0.15, -0.1) is 8.78 Å². The monoisotopic (exact) mass is 634 g/mol. The normalized spacial score (nSPS) is 11.3. The lowest BCUT2D eigenvalue weighted by atomic mass is 10.0. The zero-order chi connectivity index (χ0) is 31.3. The average Bonchev–Trinajstić information content (AvgIpc) is 3.04. The van der Waals surface area contributed by atoms with E-state index < -0.39 is 0 Å².